The Kier molecular flexibility index (Phi) is 6.67. The first kappa shape index (κ1) is 16.8. The Bertz CT molecular complexity index is 296. The number of hydrogen-bond acceptors (Lipinski definition) is 4. The van der Waals surface area contributed by atoms with Crippen molar-refractivity contribution in [1.82, 2.24) is 10.2 Å². The summed E-state index contributed by atoms with van der Waals surface area (Å²) in [5, 5.41) is 4.79. The zero-order chi connectivity index (χ0) is 14.5. The molecule has 0 fully saturated rings. The van der Waals surface area contributed by atoms with Crippen LogP contribution in [0.15, 0.2) is 4.99 Å². The van der Waals surface area contributed by atoms with E-state index in [4.69, 9.17) is 4.99 Å². The minimum Gasteiger partial charge on any atom is -0.361 e. The molecule has 0 aromatic rings. The first-order valence-corrected chi connectivity index (χ1v) is 8.49. The molecule has 1 N–H and O–H groups in total. The van der Waals surface area contributed by atoms with Crippen molar-refractivity contribution in [3.05, 3.63) is 0 Å². The maximum atomic E-state index is 4.80. The van der Waals surface area contributed by atoms with Gasteiger partial charge >= 0.3 is 0 Å². The Morgan fingerprint density at radius 2 is 1.95 bits per heavy atom. The van der Waals surface area contributed by atoms with E-state index in [1.165, 1.54) is 18.6 Å². The van der Waals surface area contributed by atoms with Crippen LogP contribution in [0.1, 0.15) is 40.5 Å². The van der Waals surface area contributed by atoms with Crippen LogP contribution in [0.25, 0.3) is 0 Å². The van der Waals surface area contributed by atoms with E-state index in [9.17, 15) is 0 Å². The molecular formula is C15H31N3S. The fraction of sp³-hybridized carbons (Fsp3) is 0.933. The van der Waals surface area contributed by atoms with Crippen molar-refractivity contribution in [3.63, 3.8) is 0 Å². The lowest BCUT2D eigenvalue weighted by Crippen LogP contribution is -2.46. The number of hydrogen-bond donors (Lipinski definition) is 1. The number of aliphatic imine (C=N–C) groups is 1. The second kappa shape index (κ2) is 7.53. The predicted molar refractivity (Wildman–Crippen MR) is 88.1 cm³/mol. The zero-order valence-corrected chi connectivity index (χ0v) is 14.3. The SMILES string of the molecule is CCC1(CC)CN=C(NC(CN(C)C)C(C)C)SC1. The van der Waals surface area contributed by atoms with Crippen LogP contribution in [0.3, 0.4) is 0 Å². The van der Waals surface area contributed by atoms with Crippen molar-refractivity contribution < 1.29 is 0 Å². The molecule has 1 heterocycles. The van der Waals surface area contributed by atoms with Crippen molar-refractivity contribution >= 4 is 16.9 Å². The number of amidine groups is 1. The van der Waals surface area contributed by atoms with E-state index < -0.39 is 0 Å². The highest BCUT2D eigenvalue weighted by molar-refractivity contribution is 8.13. The molecule has 1 unspecified atom stereocenters. The first-order valence-electron chi connectivity index (χ1n) is 7.51. The molecule has 1 aliphatic rings. The molecule has 0 saturated carbocycles. The molecule has 0 radical (unpaired) electrons. The summed E-state index contributed by atoms with van der Waals surface area (Å²) in [5.74, 6) is 1.83. The molecule has 112 valence electrons. The molecule has 0 spiro atoms. The van der Waals surface area contributed by atoms with Crippen LogP contribution >= 0.6 is 11.8 Å². The maximum Gasteiger partial charge on any atom is 0.156 e. The van der Waals surface area contributed by atoms with Crippen LogP contribution in [0.2, 0.25) is 0 Å². The van der Waals surface area contributed by atoms with Crippen LogP contribution in [-0.2, 0) is 0 Å². The van der Waals surface area contributed by atoms with Crippen LogP contribution in [0.5, 0.6) is 0 Å². The summed E-state index contributed by atoms with van der Waals surface area (Å²) >= 11 is 1.91. The van der Waals surface area contributed by atoms with Gasteiger partial charge in [0, 0.05) is 24.9 Å². The van der Waals surface area contributed by atoms with Gasteiger partial charge in [0.25, 0.3) is 0 Å². The Morgan fingerprint density at radius 1 is 1.32 bits per heavy atom. The molecule has 0 bridgehead atoms. The molecule has 0 amide bonds. The Morgan fingerprint density at radius 3 is 2.32 bits per heavy atom. The van der Waals surface area contributed by atoms with Gasteiger partial charge in [-0.25, -0.2) is 0 Å². The molecule has 0 aromatic carbocycles. The van der Waals surface area contributed by atoms with E-state index in [0.29, 0.717) is 17.4 Å². The van der Waals surface area contributed by atoms with Gasteiger partial charge in [0.1, 0.15) is 0 Å². The number of thioether (sulfide) groups is 1. The van der Waals surface area contributed by atoms with Crippen molar-refractivity contribution in [3.8, 4) is 0 Å². The molecule has 0 aliphatic carbocycles. The first-order chi connectivity index (χ1) is 8.92. The van der Waals surface area contributed by atoms with Crippen LogP contribution in [0, 0.1) is 11.3 Å². The summed E-state index contributed by atoms with van der Waals surface area (Å²) in [6, 6.07) is 0.483. The Balaban J connectivity index is 2.60. The van der Waals surface area contributed by atoms with Crippen molar-refractivity contribution in [2.45, 2.75) is 46.6 Å². The molecule has 19 heavy (non-hydrogen) atoms. The topological polar surface area (TPSA) is 27.6 Å². The minimum absolute atomic E-state index is 0.435. The summed E-state index contributed by atoms with van der Waals surface area (Å²) in [7, 11) is 4.26. The highest BCUT2D eigenvalue weighted by atomic mass is 32.2. The monoisotopic (exact) mass is 285 g/mol. The van der Waals surface area contributed by atoms with Gasteiger partial charge < -0.3 is 10.2 Å². The highest BCUT2D eigenvalue weighted by Crippen LogP contribution is 2.34. The van der Waals surface area contributed by atoms with Gasteiger partial charge in [0.2, 0.25) is 0 Å². The third kappa shape index (κ3) is 4.99. The lowest BCUT2D eigenvalue weighted by atomic mass is 9.84. The van der Waals surface area contributed by atoms with E-state index in [-0.39, 0.29) is 0 Å². The van der Waals surface area contributed by atoms with E-state index in [2.05, 4.69) is 52.0 Å². The summed E-state index contributed by atoms with van der Waals surface area (Å²) in [6.07, 6.45) is 2.47. The average Bonchev–Trinajstić information content (AvgIpc) is 2.38. The number of likely N-dealkylation sites (N-methyl/N-ethyl adjacent to an activating group) is 1. The Labute approximate surface area is 123 Å². The third-order valence-corrected chi connectivity index (χ3v) is 5.53. The van der Waals surface area contributed by atoms with E-state index >= 15 is 0 Å². The van der Waals surface area contributed by atoms with Gasteiger partial charge in [0.15, 0.2) is 5.17 Å². The van der Waals surface area contributed by atoms with E-state index in [0.717, 1.165) is 18.3 Å². The van der Waals surface area contributed by atoms with Gasteiger partial charge in [-0.1, -0.05) is 39.5 Å². The third-order valence-electron chi connectivity index (χ3n) is 4.25. The largest absolute Gasteiger partial charge is 0.361 e. The number of nitrogens with one attached hydrogen (secondary N) is 1. The maximum absolute atomic E-state index is 4.80. The number of nitrogens with zero attached hydrogens (tertiary/aromatic N) is 2. The fourth-order valence-electron chi connectivity index (χ4n) is 2.29. The molecule has 1 atom stereocenters. The van der Waals surface area contributed by atoms with E-state index in [1.807, 2.05) is 11.8 Å². The van der Waals surface area contributed by atoms with Gasteiger partial charge in [0.05, 0.1) is 0 Å². The molecule has 0 saturated heterocycles. The Hall–Kier alpha value is -0.220. The molecular weight excluding hydrogens is 254 g/mol. The lowest BCUT2D eigenvalue weighted by Gasteiger charge is -2.35. The molecule has 3 nitrogen and oxygen atoms in total. The van der Waals surface area contributed by atoms with Crippen LogP contribution < -0.4 is 5.32 Å². The lowest BCUT2D eigenvalue weighted by molar-refractivity contribution is 0.307. The van der Waals surface area contributed by atoms with Gasteiger partial charge in [-0.2, -0.15) is 0 Å². The highest BCUT2D eigenvalue weighted by Gasteiger charge is 2.30. The average molecular weight is 286 g/mol. The summed E-state index contributed by atoms with van der Waals surface area (Å²) in [4.78, 5) is 7.05. The quantitative estimate of drug-likeness (QED) is 0.813. The second-order valence-electron chi connectivity index (χ2n) is 6.37. The summed E-state index contributed by atoms with van der Waals surface area (Å²) in [6.45, 7) is 11.2. The summed E-state index contributed by atoms with van der Waals surface area (Å²) < 4.78 is 0. The predicted octanol–water partition coefficient (Wildman–Crippen LogP) is 3.07. The van der Waals surface area contributed by atoms with Gasteiger partial charge in [-0.15, -0.1) is 0 Å². The van der Waals surface area contributed by atoms with E-state index in [1.54, 1.807) is 0 Å². The molecule has 1 aliphatic heterocycles. The van der Waals surface area contributed by atoms with Crippen molar-refractivity contribution in [2.24, 2.45) is 16.3 Å². The van der Waals surface area contributed by atoms with Crippen molar-refractivity contribution in [1.29, 1.82) is 0 Å². The molecule has 4 heteroatoms. The minimum atomic E-state index is 0.435. The van der Waals surface area contributed by atoms with Gasteiger partial charge in [-0.05, 0) is 38.3 Å². The normalized spacial score (nSPS) is 20.5. The zero-order valence-electron chi connectivity index (χ0n) is 13.5. The van der Waals surface area contributed by atoms with Gasteiger partial charge in [-0.3, -0.25) is 4.99 Å². The van der Waals surface area contributed by atoms with Crippen molar-refractivity contribution in [2.75, 3.05) is 32.9 Å². The molecule has 0 aromatic heterocycles. The van der Waals surface area contributed by atoms with Crippen LogP contribution in [-0.4, -0.2) is 49.0 Å². The molecule has 1 rings (SSSR count). The second-order valence-corrected chi connectivity index (χ2v) is 7.34. The fourth-order valence-corrected chi connectivity index (χ4v) is 3.63. The smallest absolute Gasteiger partial charge is 0.156 e. The number of rotatable bonds is 6. The van der Waals surface area contributed by atoms with Crippen LogP contribution in [0.4, 0.5) is 0 Å². The summed E-state index contributed by atoms with van der Waals surface area (Å²) in [5.41, 5.74) is 0.435. The standard InChI is InChI=1S/C15H31N3S/c1-7-15(8-2)10-16-14(19-11-15)17-13(12(3)4)9-18(5)6/h12-13H,7-11H2,1-6H3,(H,16,17).